The van der Waals surface area contributed by atoms with Gasteiger partial charge in [0.2, 0.25) is 0 Å². The fourth-order valence-electron chi connectivity index (χ4n) is 2.96. The number of urea groups is 1. The number of carbonyl (C=O) groups is 2. The Labute approximate surface area is 144 Å². The lowest BCUT2D eigenvalue weighted by Crippen LogP contribution is -2.37. The van der Waals surface area contributed by atoms with E-state index in [4.69, 9.17) is 9.15 Å². The number of esters is 1. The second-order valence-corrected chi connectivity index (χ2v) is 6.33. The highest BCUT2D eigenvalue weighted by Crippen LogP contribution is 2.32. The first-order chi connectivity index (χ1) is 11.9. The van der Waals surface area contributed by atoms with Crippen LogP contribution >= 0.6 is 0 Å². The van der Waals surface area contributed by atoms with Gasteiger partial charge in [0.05, 0.1) is 24.5 Å². The number of benzene rings is 1. The minimum absolute atomic E-state index is 0.0607. The van der Waals surface area contributed by atoms with E-state index in [-0.39, 0.29) is 18.2 Å². The summed E-state index contributed by atoms with van der Waals surface area (Å²) in [6.07, 6.45) is 2.02. The third kappa shape index (κ3) is 3.35. The first-order valence-electron chi connectivity index (χ1n) is 7.91. The number of rotatable bonds is 3. The standard InChI is InChI=1S/C18H19FN2O4/c1-18(16(22)24-2)7-8-21(11-18)17(23)20-14-10-12(5-6-13(14)19)15-4-3-9-25-15/h3-6,9-10H,7-8,11H2,1-2H3,(H,20,23). The molecular weight excluding hydrogens is 327 g/mol. The van der Waals surface area contributed by atoms with Gasteiger partial charge >= 0.3 is 12.0 Å². The molecule has 3 rings (SSSR count). The summed E-state index contributed by atoms with van der Waals surface area (Å²) in [5, 5.41) is 2.57. The Balaban J connectivity index is 1.74. The van der Waals surface area contributed by atoms with Crippen molar-refractivity contribution >= 4 is 17.7 Å². The van der Waals surface area contributed by atoms with Crippen molar-refractivity contribution in [3.8, 4) is 11.3 Å². The summed E-state index contributed by atoms with van der Waals surface area (Å²) in [6, 6.07) is 7.39. The lowest BCUT2D eigenvalue weighted by molar-refractivity contribution is -0.150. The molecule has 0 aliphatic carbocycles. The maximum absolute atomic E-state index is 14.1. The van der Waals surface area contributed by atoms with Gasteiger partial charge in [-0.1, -0.05) is 0 Å². The van der Waals surface area contributed by atoms with Crippen LogP contribution in [0.15, 0.2) is 41.0 Å². The maximum Gasteiger partial charge on any atom is 0.321 e. The smallest absolute Gasteiger partial charge is 0.321 e. The van der Waals surface area contributed by atoms with Gasteiger partial charge in [-0.05, 0) is 43.7 Å². The fraction of sp³-hybridized carbons (Fsp3) is 0.333. The Morgan fingerprint density at radius 3 is 2.84 bits per heavy atom. The zero-order chi connectivity index (χ0) is 18.0. The van der Waals surface area contributed by atoms with E-state index in [2.05, 4.69) is 5.32 Å². The number of nitrogens with zero attached hydrogens (tertiary/aromatic N) is 1. The third-order valence-corrected chi connectivity index (χ3v) is 4.45. The number of anilines is 1. The van der Waals surface area contributed by atoms with E-state index in [1.54, 1.807) is 25.1 Å². The second kappa shape index (κ2) is 6.58. The van der Waals surface area contributed by atoms with Crippen LogP contribution in [0.2, 0.25) is 0 Å². The van der Waals surface area contributed by atoms with Gasteiger partial charge in [-0.25, -0.2) is 9.18 Å². The van der Waals surface area contributed by atoms with E-state index in [1.165, 1.54) is 30.4 Å². The van der Waals surface area contributed by atoms with Gasteiger partial charge in [-0.3, -0.25) is 4.79 Å². The molecule has 1 atom stereocenters. The largest absolute Gasteiger partial charge is 0.469 e. The summed E-state index contributed by atoms with van der Waals surface area (Å²) in [6.45, 7) is 2.38. The monoisotopic (exact) mass is 346 g/mol. The lowest BCUT2D eigenvalue weighted by Gasteiger charge is -2.22. The maximum atomic E-state index is 14.1. The molecule has 0 bridgehead atoms. The minimum atomic E-state index is -0.735. The van der Waals surface area contributed by atoms with Crippen molar-refractivity contribution < 1.29 is 23.1 Å². The average Bonchev–Trinajstić information content (AvgIpc) is 3.26. The van der Waals surface area contributed by atoms with Gasteiger partial charge in [0.15, 0.2) is 0 Å². The first-order valence-corrected chi connectivity index (χ1v) is 7.91. The molecule has 2 aromatic rings. The minimum Gasteiger partial charge on any atom is -0.469 e. The number of hydrogen-bond acceptors (Lipinski definition) is 4. The van der Waals surface area contributed by atoms with Crippen LogP contribution in [0.4, 0.5) is 14.9 Å². The van der Waals surface area contributed by atoms with Crippen LogP contribution < -0.4 is 5.32 Å². The molecule has 1 saturated heterocycles. The molecule has 2 amide bonds. The molecule has 7 heteroatoms. The molecule has 1 aliphatic rings. The Bertz CT molecular complexity index is 790. The van der Waals surface area contributed by atoms with Gasteiger partial charge in [0.25, 0.3) is 0 Å². The summed E-state index contributed by atoms with van der Waals surface area (Å²) in [5.74, 6) is -0.317. The second-order valence-electron chi connectivity index (χ2n) is 6.33. The SMILES string of the molecule is COC(=O)C1(C)CCN(C(=O)Nc2cc(-c3ccco3)ccc2F)C1. The Hall–Kier alpha value is -2.83. The highest BCUT2D eigenvalue weighted by atomic mass is 19.1. The molecule has 132 valence electrons. The van der Waals surface area contributed by atoms with E-state index >= 15 is 0 Å². The van der Waals surface area contributed by atoms with Gasteiger partial charge in [0, 0.05) is 18.7 Å². The zero-order valence-corrected chi connectivity index (χ0v) is 14.0. The molecule has 1 aliphatic heterocycles. The number of ether oxygens (including phenoxy) is 1. The predicted octanol–water partition coefficient (Wildman–Crippen LogP) is 3.50. The highest BCUT2D eigenvalue weighted by Gasteiger charge is 2.43. The molecule has 1 fully saturated rings. The van der Waals surface area contributed by atoms with Crippen LogP contribution in [0.1, 0.15) is 13.3 Å². The molecule has 0 saturated carbocycles. The topological polar surface area (TPSA) is 71.8 Å². The number of nitrogens with one attached hydrogen (secondary N) is 1. The van der Waals surface area contributed by atoms with Crippen molar-refractivity contribution in [2.75, 3.05) is 25.5 Å². The summed E-state index contributed by atoms with van der Waals surface area (Å²) in [4.78, 5) is 25.8. The molecule has 1 aromatic carbocycles. The molecule has 1 unspecified atom stereocenters. The Kier molecular flexibility index (Phi) is 4.48. The quantitative estimate of drug-likeness (QED) is 0.864. The van der Waals surface area contributed by atoms with Gasteiger partial charge < -0.3 is 19.4 Å². The van der Waals surface area contributed by atoms with Crippen molar-refractivity contribution in [1.29, 1.82) is 0 Å². The number of carbonyl (C=O) groups excluding carboxylic acids is 2. The Morgan fingerprint density at radius 1 is 1.36 bits per heavy atom. The van der Waals surface area contributed by atoms with Crippen LogP contribution in [0.3, 0.4) is 0 Å². The van der Waals surface area contributed by atoms with Crippen LogP contribution in [-0.2, 0) is 9.53 Å². The number of amides is 2. The summed E-state index contributed by atoms with van der Waals surface area (Å²) >= 11 is 0. The molecule has 6 nitrogen and oxygen atoms in total. The van der Waals surface area contributed by atoms with Crippen molar-refractivity contribution in [1.82, 2.24) is 4.90 Å². The molecule has 0 radical (unpaired) electrons. The predicted molar refractivity (Wildman–Crippen MR) is 89.4 cm³/mol. The molecule has 2 heterocycles. The van der Waals surface area contributed by atoms with Crippen molar-refractivity contribution in [3.05, 3.63) is 42.4 Å². The van der Waals surface area contributed by atoms with E-state index in [0.29, 0.717) is 24.3 Å². The normalized spacial score (nSPS) is 19.7. The number of halogens is 1. The Morgan fingerprint density at radius 2 is 2.16 bits per heavy atom. The van der Waals surface area contributed by atoms with Crippen molar-refractivity contribution in [3.63, 3.8) is 0 Å². The molecule has 25 heavy (non-hydrogen) atoms. The van der Waals surface area contributed by atoms with Gasteiger partial charge in [-0.15, -0.1) is 0 Å². The summed E-state index contributed by atoms with van der Waals surface area (Å²) in [7, 11) is 1.33. The summed E-state index contributed by atoms with van der Waals surface area (Å²) in [5.41, 5.74) is -0.0196. The van der Waals surface area contributed by atoms with Crippen molar-refractivity contribution in [2.24, 2.45) is 5.41 Å². The zero-order valence-electron chi connectivity index (χ0n) is 14.0. The van der Waals surface area contributed by atoms with Gasteiger partial charge in [-0.2, -0.15) is 0 Å². The number of hydrogen-bond donors (Lipinski definition) is 1. The van der Waals surface area contributed by atoms with E-state index in [1.807, 2.05) is 0 Å². The number of methoxy groups -OCH3 is 1. The fourth-order valence-corrected chi connectivity index (χ4v) is 2.96. The third-order valence-electron chi connectivity index (χ3n) is 4.45. The molecule has 1 aromatic heterocycles. The van der Waals surface area contributed by atoms with Crippen LogP contribution in [0.25, 0.3) is 11.3 Å². The lowest BCUT2D eigenvalue weighted by atomic mass is 9.90. The van der Waals surface area contributed by atoms with Crippen LogP contribution in [-0.4, -0.2) is 37.1 Å². The van der Waals surface area contributed by atoms with E-state index in [9.17, 15) is 14.0 Å². The highest BCUT2D eigenvalue weighted by molar-refractivity contribution is 5.91. The van der Waals surface area contributed by atoms with Crippen LogP contribution in [0.5, 0.6) is 0 Å². The van der Waals surface area contributed by atoms with Gasteiger partial charge in [0.1, 0.15) is 11.6 Å². The molecule has 0 spiro atoms. The van der Waals surface area contributed by atoms with Crippen LogP contribution in [0, 0.1) is 11.2 Å². The first kappa shape index (κ1) is 17.0. The summed E-state index contributed by atoms with van der Waals surface area (Å²) < 4.78 is 24.1. The van der Waals surface area contributed by atoms with Crippen molar-refractivity contribution in [2.45, 2.75) is 13.3 Å². The van der Waals surface area contributed by atoms with E-state index in [0.717, 1.165) is 0 Å². The average molecular weight is 346 g/mol. The number of likely N-dealkylation sites (tertiary alicyclic amines) is 1. The molecule has 1 N–H and O–H groups in total. The number of furan rings is 1. The molecular formula is C18H19FN2O4. The van der Waals surface area contributed by atoms with E-state index < -0.39 is 17.3 Å².